The normalized spacial score (nSPS) is 10.6. The SMILES string of the molecule is COc1ccc(-c2c(I)cnc(-c3ccccc3)c2C(=O)c2ccccc2)cc1. The van der Waals surface area contributed by atoms with Gasteiger partial charge in [0.25, 0.3) is 0 Å². The standard InChI is InChI=1S/C25H18INO2/c1-29-20-14-12-17(13-15-20)22-21(26)16-27-24(18-8-4-2-5-9-18)23(22)25(28)19-10-6-3-7-11-19/h2-16H,1H3. The van der Waals surface area contributed by atoms with Gasteiger partial charge in [0, 0.05) is 26.5 Å². The van der Waals surface area contributed by atoms with Gasteiger partial charge in [0.05, 0.1) is 18.4 Å². The summed E-state index contributed by atoms with van der Waals surface area (Å²) < 4.78 is 6.22. The number of rotatable bonds is 5. The molecule has 0 N–H and O–H groups in total. The molecule has 0 aliphatic heterocycles. The fourth-order valence-corrected chi connectivity index (χ4v) is 4.02. The molecule has 29 heavy (non-hydrogen) atoms. The first-order chi connectivity index (χ1) is 14.2. The maximum atomic E-state index is 13.6. The van der Waals surface area contributed by atoms with Crippen molar-refractivity contribution in [1.29, 1.82) is 0 Å². The molecule has 0 amide bonds. The van der Waals surface area contributed by atoms with Crippen molar-refractivity contribution in [3.63, 3.8) is 0 Å². The number of ketones is 1. The number of nitrogens with zero attached hydrogens (tertiary/aromatic N) is 1. The van der Waals surface area contributed by atoms with E-state index < -0.39 is 0 Å². The van der Waals surface area contributed by atoms with E-state index in [-0.39, 0.29) is 5.78 Å². The summed E-state index contributed by atoms with van der Waals surface area (Å²) in [6.45, 7) is 0. The van der Waals surface area contributed by atoms with Gasteiger partial charge in [-0.25, -0.2) is 0 Å². The molecule has 4 rings (SSSR count). The zero-order chi connectivity index (χ0) is 20.2. The van der Waals surface area contributed by atoms with Crippen molar-refractivity contribution >= 4 is 28.4 Å². The molecule has 0 saturated carbocycles. The zero-order valence-corrected chi connectivity index (χ0v) is 18.0. The van der Waals surface area contributed by atoms with Gasteiger partial charge < -0.3 is 4.74 Å². The molecule has 3 nitrogen and oxygen atoms in total. The van der Waals surface area contributed by atoms with Crippen LogP contribution >= 0.6 is 22.6 Å². The largest absolute Gasteiger partial charge is 0.497 e. The number of aromatic nitrogens is 1. The Hall–Kier alpha value is -2.99. The second-order valence-electron chi connectivity index (χ2n) is 6.49. The first-order valence-electron chi connectivity index (χ1n) is 9.17. The molecular formula is C25H18INO2. The van der Waals surface area contributed by atoms with E-state index in [2.05, 4.69) is 27.6 Å². The Bertz CT molecular complexity index is 1140. The number of pyridine rings is 1. The Morgan fingerprint density at radius 3 is 2.07 bits per heavy atom. The summed E-state index contributed by atoms with van der Waals surface area (Å²) in [6.07, 6.45) is 1.82. The van der Waals surface area contributed by atoms with Gasteiger partial charge >= 0.3 is 0 Å². The molecule has 0 atom stereocenters. The van der Waals surface area contributed by atoms with Crippen molar-refractivity contribution in [2.45, 2.75) is 0 Å². The van der Waals surface area contributed by atoms with E-state index in [1.165, 1.54) is 0 Å². The summed E-state index contributed by atoms with van der Waals surface area (Å²) in [4.78, 5) is 18.3. The highest BCUT2D eigenvalue weighted by Gasteiger charge is 2.23. The highest BCUT2D eigenvalue weighted by molar-refractivity contribution is 14.1. The van der Waals surface area contributed by atoms with Crippen LogP contribution in [0.5, 0.6) is 5.75 Å². The first-order valence-corrected chi connectivity index (χ1v) is 10.2. The number of hydrogen-bond donors (Lipinski definition) is 0. The van der Waals surface area contributed by atoms with Crippen LogP contribution in [0.1, 0.15) is 15.9 Å². The minimum Gasteiger partial charge on any atom is -0.497 e. The molecule has 0 bridgehead atoms. The average molecular weight is 491 g/mol. The van der Waals surface area contributed by atoms with Crippen LogP contribution in [0.2, 0.25) is 0 Å². The van der Waals surface area contributed by atoms with Gasteiger partial charge in [0.15, 0.2) is 5.78 Å². The molecule has 0 spiro atoms. The molecule has 0 fully saturated rings. The molecule has 0 aliphatic rings. The van der Waals surface area contributed by atoms with E-state index in [9.17, 15) is 4.79 Å². The quantitative estimate of drug-likeness (QED) is 0.245. The van der Waals surface area contributed by atoms with E-state index in [1.807, 2.05) is 91.1 Å². The monoisotopic (exact) mass is 491 g/mol. The summed E-state index contributed by atoms with van der Waals surface area (Å²) in [5, 5.41) is 0. The van der Waals surface area contributed by atoms with Gasteiger partial charge in [-0.2, -0.15) is 0 Å². The van der Waals surface area contributed by atoms with Gasteiger partial charge in [-0.1, -0.05) is 72.8 Å². The second kappa shape index (κ2) is 8.57. The number of benzene rings is 3. The topological polar surface area (TPSA) is 39.2 Å². The fraction of sp³-hybridized carbons (Fsp3) is 0.0400. The van der Waals surface area contributed by atoms with Gasteiger partial charge in [0.2, 0.25) is 0 Å². The van der Waals surface area contributed by atoms with Crippen LogP contribution in [0.3, 0.4) is 0 Å². The minimum atomic E-state index is -0.0405. The molecule has 0 aliphatic carbocycles. The number of carbonyl (C=O) groups is 1. The van der Waals surface area contributed by atoms with Crippen molar-refractivity contribution in [3.05, 3.63) is 106 Å². The van der Waals surface area contributed by atoms with Gasteiger partial charge in [0.1, 0.15) is 5.75 Å². The summed E-state index contributed by atoms with van der Waals surface area (Å²) in [5.74, 6) is 0.735. The van der Waals surface area contributed by atoms with Crippen LogP contribution < -0.4 is 4.74 Å². The molecule has 1 aromatic heterocycles. The van der Waals surface area contributed by atoms with E-state index in [1.54, 1.807) is 7.11 Å². The number of halogens is 1. The van der Waals surface area contributed by atoms with Crippen molar-refractivity contribution in [2.24, 2.45) is 0 Å². The van der Waals surface area contributed by atoms with Crippen LogP contribution in [-0.4, -0.2) is 17.9 Å². The number of ether oxygens (including phenoxy) is 1. The predicted octanol–water partition coefficient (Wildman–Crippen LogP) is 6.26. The van der Waals surface area contributed by atoms with Crippen molar-refractivity contribution in [1.82, 2.24) is 4.98 Å². The number of methoxy groups -OCH3 is 1. The van der Waals surface area contributed by atoms with Crippen molar-refractivity contribution in [2.75, 3.05) is 7.11 Å². The smallest absolute Gasteiger partial charge is 0.195 e. The van der Waals surface area contributed by atoms with E-state index >= 15 is 0 Å². The lowest BCUT2D eigenvalue weighted by Crippen LogP contribution is -2.09. The maximum absolute atomic E-state index is 13.6. The van der Waals surface area contributed by atoms with Crippen LogP contribution in [-0.2, 0) is 0 Å². The number of hydrogen-bond acceptors (Lipinski definition) is 3. The van der Waals surface area contributed by atoms with Gasteiger partial charge in [-0.15, -0.1) is 0 Å². The van der Waals surface area contributed by atoms with E-state index in [0.29, 0.717) is 16.8 Å². The molecule has 0 saturated heterocycles. The molecular weight excluding hydrogens is 473 g/mol. The van der Waals surface area contributed by atoms with E-state index in [0.717, 1.165) is 26.0 Å². The number of carbonyl (C=O) groups excluding carboxylic acids is 1. The summed E-state index contributed by atoms with van der Waals surface area (Å²) >= 11 is 2.25. The lowest BCUT2D eigenvalue weighted by molar-refractivity contribution is 0.103. The van der Waals surface area contributed by atoms with Gasteiger partial charge in [-0.3, -0.25) is 9.78 Å². The average Bonchev–Trinajstić information content (AvgIpc) is 2.79. The van der Waals surface area contributed by atoms with E-state index in [4.69, 9.17) is 4.74 Å². The molecule has 0 radical (unpaired) electrons. The van der Waals surface area contributed by atoms with Gasteiger partial charge in [-0.05, 0) is 40.3 Å². The Morgan fingerprint density at radius 1 is 0.828 bits per heavy atom. The van der Waals surface area contributed by atoms with Crippen LogP contribution in [0.4, 0.5) is 0 Å². The molecule has 1 heterocycles. The molecule has 0 unspecified atom stereocenters. The van der Waals surface area contributed by atoms with Crippen LogP contribution in [0.25, 0.3) is 22.4 Å². The molecule has 4 aromatic rings. The zero-order valence-electron chi connectivity index (χ0n) is 15.8. The van der Waals surface area contributed by atoms with Crippen molar-refractivity contribution in [3.8, 4) is 28.1 Å². The lowest BCUT2D eigenvalue weighted by atomic mass is 9.90. The van der Waals surface area contributed by atoms with Crippen LogP contribution in [0, 0.1) is 3.57 Å². The molecule has 142 valence electrons. The van der Waals surface area contributed by atoms with Crippen molar-refractivity contribution < 1.29 is 9.53 Å². The summed E-state index contributed by atoms with van der Waals surface area (Å²) in [5.41, 5.74) is 4.69. The second-order valence-corrected chi connectivity index (χ2v) is 7.66. The minimum absolute atomic E-state index is 0.0405. The lowest BCUT2D eigenvalue weighted by Gasteiger charge is -2.16. The maximum Gasteiger partial charge on any atom is 0.195 e. The third-order valence-corrected chi connectivity index (χ3v) is 5.54. The Balaban J connectivity index is 2.00. The molecule has 4 heteroatoms. The Labute approximate surface area is 183 Å². The fourth-order valence-electron chi connectivity index (χ4n) is 3.30. The molecule has 3 aromatic carbocycles. The third kappa shape index (κ3) is 3.93. The predicted molar refractivity (Wildman–Crippen MR) is 124 cm³/mol. The highest BCUT2D eigenvalue weighted by atomic mass is 127. The third-order valence-electron chi connectivity index (χ3n) is 4.72. The van der Waals surface area contributed by atoms with Crippen LogP contribution in [0.15, 0.2) is 91.1 Å². The Morgan fingerprint density at radius 2 is 1.45 bits per heavy atom. The highest BCUT2D eigenvalue weighted by Crippen LogP contribution is 2.36. The Kier molecular flexibility index (Phi) is 5.71. The summed E-state index contributed by atoms with van der Waals surface area (Å²) in [6, 6.07) is 27.0. The first kappa shape index (κ1) is 19.3. The summed E-state index contributed by atoms with van der Waals surface area (Å²) in [7, 11) is 1.64.